The van der Waals surface area contributed by atoms with Crippen molar-refractivity contribution in [1.82, 2.24) is 15.6 Å². The summed E-state index contributed by atoms with van der Waals surface area (Å²) < 4.78 is 0. The number of carbonyl (C=O) groups excluding carboxylic acids is 1. The normalized spacial score (nSPS) is 15.9. The molecular formula is C26H25N3O. The van der Waals surface area contributed by atoms with Crippen molar-refractivity contribution in [3.8, 4) is 0 Å². The number of nitrogens with one attached hydrogen (secondary N) is 2. The quantitative estimate of drug-likeness (QED) is 0.519. The molecule has 1 aliphatic heterocycles. The van der Waals surface area contributed by atoms with Gasteiger partial charge in [-0.05, 0) is 77.8 Å². The third kappa shape index (κ3) is 3.79. The monoisotopic (exact) mass is 395 g/mol. The Bertz CT molecular complexity index is 1200. The molecule has 30 heavy (non-hydrogen) atoms. The molecule has 0 radical (unpaired) electrons. The van der Waals surface area contributed by atoms with Gasteiger partial charge in [0, 0.05) is 23.3 Å². The SMILES string of the molecule is O=C(NC(c1ccc2ccccc2c1)C1CCNCC1)c1ccc2cnccc2c1. The van der Waals surface area contributed by atoms with E-state index in [0.29, 0.717) is 11.5 Å². The molecular weight excluding hydrogens is 370 g/mol. The number of pyridine rings is 1. The van der Waals surface area contributed by atoms with Crippen molar-refractivity contribution in [3.05, 3.63) is 90.3 Å². The maximum Gasteiger partial charge on any atom is 0.251 e. The first-order valence-electron chi connectivity index (χ1n) is 10.6. The number of rotatable bonds is 4. The van der Waals surface area contributed by atoms with E-state index in [-0.39, 0.29) is 11.9 Å². The van der Waals surface area contributed by atoms with Crippen LogP contribution in [0, 0.1) is 5.92 Å². The Balaban J connectivity index is 1.48. The molecule has 2 heterocycles. The van der Waals surface area contributed by atoms with E-state index in [1.54, 1.807) is 6.20 Å². The van der Waals surface area contributed by atoms with E-state index in [9.17, 15) is 4.79 Å². The Morgan fingerprint density at radius 3 is 2.53 bits per heavy atom. The molecule has 0 bridgehead atoms. The van der Waals surface area contributed by atoms with Crippen LogP contribution in [0.3, 0.4) is 0 Å². The molecule has 0 saturated carbocycles. The smallest absolute Gasteiger partial charge is 0.251 e. The highest BCUT2D eigenvalue weighted by Gasteiger charge is 2.27. The fourth-order valence-electron chi connectivity index (χ4n) is 4.50. The molecule has 4 heteroatoms. The Hall–Kier alpha value is -3.24. The van der Waals surface area contributed by atoms with Crippen LogP contribution in [0.15, 0.2) is 79.1 Å². The number of piperidine rings is 1. The molecule has 0 spiro atoms. The summed E-state index contributed by atoms with van der Waals surface area (Å²) in [6.07, 6.45) is 5.70. The van der Waals surface area contributed by atoms with Crippen LogP contribution < -0.4 is 10.6 Å². The standard InChI is InChI=1S/C26H25N3O/c30-26(23-7-8-24-17-28-14-11-21(24)16-23)29-25(19-9-12-27-13-10-19)22-6-5-18-3-1-2-4-20(18)15-22/h1-8,11,14-17,19,25,27H,9-10,12-13H2,(H,29,30). The average molecular weight is 396 g/mol. The minimum Gasteiger partial charge on any atom is -0.345 e. The van der Waals surface area contributed by atoms with Crippen molar-refractivity contribution >= 4 is 27.5 Å². The fraction of sp³-hybridized carbons (Fsp3) is 0.231. The third-order valence-corrected chi connectivity index (χ3v) is 6.18. The molecule has 1 unspecified atom stereocenters. The number of hydrogen-bond acceptors (Lipinski definition) is 3. The van der Waals surface area contributed by atoms with E-state index in [1.807, 2.05) is 30.5 Å². The van der Waals surface area contributed by atoms with E-state index in [4.69, 9.17) is 0 Å². The minimum atomic E-state index is -0.0228. The van der Waals surface area contributed by atoms with Crippen LogP contribution in [-0.4, -0.2) is 24.0 Å². The first-order valence-corrected chi connectivity index (χ1v) is 10.6. The van der Waals surface area contributed by atoms with Gasteiger partial charge < -0.3 is 10.6 Å². The van der Waals surface area contributed by atoms with Crippen LogP contribution >= 0.6 is 0 Å². The molecule has 4 nitrogen and oxygen atoms in total. The molecule has 1 atom stereocenters. The molecule has 5 rings (SSSR count). The maximum atomic E-state index is 13.2. The Morgan fingerprint density at radius 1 is 0.900 bits per heavy atom. The second-order valence-corrected chi connectivity index (χ2v) is 8.08. The minimum absolute atomic E-state index is 0.00246. The van der Waals surface area contributed by atoms with Gasteiger partial charge in [0.05, 0.1) is 6.04 Å². The van der Waals surface area contributed by atoms with E-state index in [1.165, 1.54) is 16.3 Å². The topological polar surface area (TPSA) is 54.0 Å². The van der Waals surface area contributed by atoms with E-state index in [0.717, 1.165) is 36.7 Å². The summed E-state index contributed by atoms with van der Waals surface area (Å²) in [5.41, 5.74) is 1.87. The molecule has 3 aromatic carbocycles. The molecule has 1 aromatic heterocycles. The van der Waals surface area contributed by atoms with E-state index < -0.39 is 0 Å². The first kappa shape index (κ1) is 18.8. The predicted octanol–water partition coefficient (Wildman–Crippen LogP) is 4.86. The Kier molecular flexibility index (Phi) is 5.16. The summed E-state index contributed by atoms with van der Waals surface area (Å²) >= 11 is 0. The van der Waals surface area contributed by atoms with Gasteiger partial charge in [-0.15, -0.1) is 0 Å². The van der Waals surface area contributed by atoms with Crippen molar-refractivity contribution in [2.24, 2.45) is 5.92 Å². The summed E-state index contributed by atoms with van der Waals surface area (Å²) in [7, 11) is 0. The van der Waals surface area contributed by atoms with E-state index >= 15 is 0 Å². The molecule has 150 valence electrons. The lowest BCUT2D eigenvalue weighted by Gasteiger charge is -2.32. The molecule has 0 aliphatic carbocycles. The highest BCUT2D eigenvalue weighted by atomic mass is 16.1. The van der Waals surface area contributed by atoms with E-state index in [2.05, 4.69) is 58.1 Å². The van der Waals surface area contributed by atoms with Gasteiger partial charge in [-0.3, -0.25) is 9.78 Å². The number of amides is 1. The lowest BCUT2D eigenvalue weighted by Crippen LogP contribution is -2.38. The van der Waals surface area contributed by atoms with Gasteiger partial charge in [0.2, 0.25) is 0 Å². The number of fused-ring (bicyclic) bond motifs is 2. The number of nitrogens with zero attached hydrogens (tertiary/aromatic N) is 1. The maximum absolute atomic E-state index is 13.2. The Morgan fingerprint density at radius 2 is 1.67 bits per heavy atom. The van der Waals surface area contributed by atoms with Gasteiger partial charge >= 0.3 is 0 Å². The number of benzene rings is 3. The van der Waals surface area contributed by atoms with Gasteiger partial charge in [-0.2, -0.15) is 0 Å². The molecule has 1 aliphatic rings. The van der Waals surface area contributed by atoms with Crippen LogP contribution in [0.1, 0.15) is 34.8 Å². The van der Waals surface area contributed by atoms with Gasteiger partial charge in [0.1, 0.15) is 0 Å². The Labute approximate surface area is 176 Å². The summed E-state index contributed by atoms with van der Waals surface area (Å²) in [5.74, 6) is 0.395. The van der Waals surface area contributed by atoms with Crippen molar-refractivity contribution in [1.29, 1.82) is 0 Å². The van der Waals surface area contributed by atoms with Gasteiger partial charge in [-0.25, -0.2) is 0 Å². The highest BCUT2D eigenvalue weighted by molar-refractivity contribution is 5.98. The second kappa shape index (κ2) is 8.25. The average Bonchev–Trinajstić information content (AvgIpc) is 2.82. The molecule has 1 saturated heterocycles. The van der Waals surface area contributed by atoms with Crippen molar-refractivity contribution in [3.63, 3.8) is 0 Å². The van der Waals surface area contributed by atoms with Gasteiger partial charge in [-0.1, -0.05) is 42.5 Å². The summed E-state index contributed by atoms with van der Waals surface area (Å²) in [6.45, 7) is 1.99. The second-order valence-electron chi connectivity index (χ2n) is 8.08. The third-order valence-electron chi connectivity index (χ3n) is 6.18. The number of hydrogen-bond donors (Lipinski definition) is 2. The number of carbonyl (C=O) groups is 1. The van der Waals surface area contributed by atoms with Gasteiger partial charge in [0.15, 0.2) is 0 Å². The van der Waals surface area contributed by atoms with Crippen LogP contribution in [0.25, 0.3) is 21.5 Å². The molecule has 1 amide bonds. The summed E-state index contributed by atoms with van der Waals surface area (Å²) in [6, 6.07) is 22.7. The van der Waals surface area contributed by atoms with Gasteiger partial charge in [0.25, 0.3) is 5.91 Å². The highest BCUT2D eigenvalue weighted by Crippen LogP contribution is 2.31. The lowest BCUT2D eigenvalue weighted by molar-refractivity contribution is 0.0914. The van der Waals surface area contributed by atoms with Crippen molar-refractivity contribution < 1.29 is 4.79 Å². The van der Waals surface area contributed by atoms with Crippen LogP contribution in [0.2, 0.25) is 0 Å². The predicted molar refractivity (Wildman–Crippen MR) is 121 cm³/mol. The zero-order chi connectivity index (χ0) is 20.3. The zero-order valence-corrected chi connectivity index (χ0v) is 16.8. The molecule has 1 fully saturated rings. The van der Waals surface area contributed by atoms with Crippen molar-refractivity contribution in [2.45, 2.75) is 18.9 Å². The van der Waals surface area contributed by atoms with Crippen molar-refractivity contribution in [2.75, 3.05) is 13.1 Å². The first-order chi connectivity index (χ1) is 14.8. The fourth-order valence-corrected chi connectivity index (χ4v) is 4.50. The van der Waals surface area contributed by atoms with Crippen LogP contribution in [0.5, 0.6) is 0 Å². The zero-order valence-electron chi connectivity index (χ0n) is 16.8. The lowest BCUT2D eigenvalue weighted by atomic mass is 9.85. The number of aromatic nitrogens is 1. The largest absolute Gasteiger partial charge is 0.345 e. The molecule has 2 N–H and O–H groups in total. The molecule has 4 aromatic rings. The summed E-state index contributed by atoms with van der Waals surface area (Å²) in [5, 5.41) is 11.3. The van der Waals surface area contributed by atoms with Crippen LogP contribution in [-0.2, 0) is 0 Å². The summed E-state index contributed by atoms with van der Waals surface area (Å²) in [4.78, 5) is 17.4. The van der Waals surface area contributed by atoms with Crippen LogP contribution in [0.4, 0.5) is 0 Å².